The summed E-state index contributed by atoms with van der Waals surface area (Å²) >= 11 is 6.77. The Hall–Kier alpha value is -4.47. The van der Waals surface area contributed by atoms with Gasteiger partial charge in [-0.1, -0.05) is 55.9 Å². The highest BCUT2D eigenvalue weighted by atomic mass is 32.2. The molecule has 1 fully saturated rings. The SMILES string of the molecule is CC(C)c1ccc(N(C)C)cc1N1C(=O)CS/C1=N\C(=S)NOC(C)c1ccc(-c2ncn(-c3ccc(OC(F)(F)F)cc3)n2)cc1. The number of anilines is 2. The van der Waals surface area contributed by atoms with Crippen molar-refractivity contribution in [2.75, 3.05) is 29.6 Å². The number of hydroxylamine groups is 1. The standard InChI is InChI=1S/C32H32F3N7O3S2/c1-19(2)26-15-12-24(40(4)5)16-27(26)42-28(43)17-47-31(42)37-30(46)39-45-20(3)21-6-8-22(9-7-21)29-36-18-41(38-29)23-10-13-25(14-11-23)44-32(33,34)35/h6-16,18-20H,17H2,1-5H3,(H,39,46)/b37-31-. The fourth-order valence-electron chi connectivity index (χ4n) is 4.71. The summed E-state index contributed by atoms with van der Waals surface area (Å²) in [6.45, 7) is 6.01. The van der Waals surface area contributed by atoms with Gasteiger partial charge >= 0.3 is 6.36 Å². The van der Waals surface area contributed by atoms with E-state index >= 15 is 0 Å². The first-order valence-corrected chi connectivity index (χ1v) is 15.9. The van der Waals surface area contributed by atoms with Crippen molar-refractivity contribution < 1.29 is 27.5 Å². The number of benzene rings is 3. The van der Waals surface area contributed by atoms with E-state index in [4.69, 9.17) is 17.1 Å². The molecule has 15 heteroatoms. The Morgan fingerprint density at radius 1 is 1.06 bits per heavy atom. The smallest absolute Gasteiger partial charge is 0.406 e. The molecule has 4 aromatic rings. The topological polar surface area (TPSA) is 97.1 Å². The first-order valence-electron chi connectivity index (χ1n) is 14.5. The van der Waals surface area contributed by atoms with Gasteiger partial charge in [-0.25, -0.2) is 15.1 Å². The molecule has 0 radical (unpaired) electrons. The zero-order valence-corrected chi connectivity index (χ0v) is 27.8. The maximum atomic E-state index is 13.0. The minimum absolute atomic E-state index is 0.0727. The van der Waals surface area contributed by atoms with Crippen molar-refractivity contribution in [3.05, 3.63) is 84.2 Å². The summed E-state index contributed by atoms with van der Waals surface area (Å²) in [7, 11) is 3.90. The number of nitrogens with one attached hydrogen (secondary N) is 1. The molecule has 0 spiro atoms. The zero-order chi connectivity index (χ0) is 33.9. The van der Waals surface area contributed by atoms with Crippen molar-refractivity contribution in [1.29, 1.82) is 0 Å². The van der Waals surface area contributed by atoms with Crippen LogP contribution in [0.3, 0.4) is 0 Å². The lowest BCUT2D eigenvalue weighted by Gasteiger charge is -2.24. The predicted molar refractivity (Wildman–Crippen MR) is 181 cm³/mol. The third-order valence-corrected chi connectivity index (χ3v) is 8.24. The number of nitrogens with zero attached hydrogens (tertiary/aromatic N) is 6. The van der Waals surface area contributed by atoms with Crippen LogP contribution in [0.4, 0.5) is 24.5 Å². The number of alkyl halides is 3. The lowest BCUT2D eigenvalue weighted by atomic mass is 9.99. The number of carbonyl (C=O) groups excluding carboxylic acids is 1. The second-order valence-electron chi connectivity index (χ2n) is 11.0. The number of ether oxygens (including phenoxy) is 1. The third-order valence-electron chi connectivity index (χ3n) is 7.14. The Labute approximate surface area is 279 Å². The van der Waals surface area contributed by atoms with Crippen LogP contribution in [0.1, 0.15) is 43.9 Å². The Bertz CT molecular complexity index is 1780. The molecule has 5 rings (SSSR count). The second kappa shape index (κ2) is 14.1. The molecule has 1 atom stereocenters. The fraction of sp³-hybridized carbons (Fsp3) is 0.281. The number of hydrogen-bond donors (Lipinski definition) is 1. The molecule has 10 nitrogen and oxygen atoms in total. The normalized spacial score (nSPS) is 15.0. The van der Waals surface area contributed by atoms with Crippen molar-refractivity contribution in [1.82, 2.24) is 20.2 Å². The average Bonchev–Trinajstić information content (AvgIpc) is 3.66. The number of aromatic nitrogens is 3. The van der Waals surface area contributed by atoms with Gasteiger partial charge in [-0.2, -0.15) is 4.99 Å². The molecule has 0 saturated carbocycles. The van der Waals surface area contributed by atoms with Crippen LogP contribution in [0.15, 0.2) is 78.0 Å². The van der Waals surface area contributed by atoms with Gasteiger partial charge in [0.05, 0.1) is 17.1 Å². The minimum atomic E-state index is -4.76. The van der Waals surface area contributed by atoms with Crippen molar-refractivity contribution in [2.24, 2.45) is 4.99 Å². The van der Waals surface area contributed by atoms with E-state index in [0.29, 0.717) is 16.7 Å². The highest BCUT2D eigenvalue weighted by molar-refractivity contribution is 8.15. The number of amides is 1. The van der Waals surface area contributed by atoms with Crippen LogP contribution in [0.5, 0.6) is 5.75 Å². The average molecular weight is 684 g/mol. The molecule has 1 saturated heterocycles. The van der Waals surface area contributed by atoms with Crippen molar-refractivity contribution >= 4 is 51.5 Å². The van der Waals surface area contributed by atoms with E-state index in [0.717, 1.165) is 28.1 Å². The van der Waals surface area contributed by atoms with Gasteiger partial charge in [0, 0.05) is 25.3 Å². The Morgan fingerprint density at radius 2 is 1.77 bits per heavy atom. The molecule has 0 aliphatic carbocycles. The molecule has 246 valence electrons. The number of amidine groups is 1. The number of carbonyl (C=O) groups is 1. The van der Waals surface area contributed by atoms with E-state index in [1.165, 1.54) is 47.0 Å². The van der Waals surface area contributed by atoms with Gasteiger partial charge in [0.1, 0.15) is 18.2 Å². The summed E-state index contributed by atoms with van der Waals surface area (Å²) in [5.41, 5.74) is 7.60. The molecular formula is C32H32F3N7O3S2. The van der Waals surface area contributed by atoms with Gasteiger partial charge in [-0.15, -0.1) is 18.3 Å². The summed E-state index contributed by atoms with van der Waals surface area (Å²) in [5.74, 6) is 0.482. The summed E-state index contributed by atoms with van der Waals surface area (Å²) < 4.78 is 42.7. The van der Waals surface area contributed by atoms with Gasteiger partial charge in [0.15, 0.2) is 11.0 Å². The summed E-state index contributed by atoms with van der Waals surface area (Å²) in [6, 6.07) is 18.8. The maximum Gasteiger partial charge on any atom is 0.573 e. The van der Waals surface area contributed by atoms with Gasteiger partial charge in [-0.3, -0.25) is 14.5 Å². The van der Waals surface area contributed by atoms with Crippen molar-refractivity contribution in [3.8, 4) is 22.8 Å². The van der Waals surface area contributed by atoms with E-state index in [9.17, 15) is 18.0 Å². The predicted octanol–water partition coefficient (Wildman–Crippen LogP) is 7.03. The van der Waals surface area contributed by atoms with Gasteiger partial charge in [-0.05, 0) is 72.6 Å². The molecule has 0 bridgehead atoms. The third kappa shape index (κ3) is 8.28. The molecule has 1 unspecified atom stereocenters. The number of aliphatic imine (C=N–C) groups is 1. The van der Waals surface area contributed by atoms with Crippen LogP contribution < -0.4 is 20.0 Å². The number of rotatable bonds is 9. The molecule has 3 aromatic carbocycles. The van der Waals surface area contributed by atoms with E-state index in [2.05, 4.69) is 39.1 Å². The first kappa shape index (κ1) is 33.9. The van der Waals surface area contributed by atoms with Crippen LogP contribution in [0.2, 0.25) is 0 Å². The highest BCUT2D eigenvalue weighted by Gasteiger charge is 2.33. The van der Waals surface area contributed by atoms with E-state index in [1.54, 1.807) is 4.90 Å². The minimum Gasteiger partial charge on any atom is -0.406 e. The number of halogens is 3. The van der Waals surface area contributed by atoms with Crippen LogP contribution in [-0.2, 0) is 9.63 Å². The van der Waals surface area contributed by atoms with Gasteiger partial charge < -0.3 is 9.64 Å². The lowest BCUT2D eigenvalue weighted by Crippen LogP contribution is -2.32. The van der Waals surface area contributed by atoms with Gasteiger partial charge in [0.2, 0.25) is 11.0 Å². The molecule has 2 heterocycles. The monoisotopic (exact) mass is 683 g/mol. The second-order valence-corrected chi connectivity index (χ2v) is 12.4. The quantitative estimate of drug-likeness (QED) is 0.147. The molecule has 1 aromatic heterocycles. The summed E-state index contributed by atoms with van der Waals surface area (Å²) in [4.78, 5) is 31.2. The van der Waals surface area contributed by atoms with Crippen LogP contribution in [0.25, 0.3) is 17.1 Å². The lowest BCUT2D eigenvalue weighted by molar-refractivity contribution is -0.274. The highest BCUT2D eigenvalue weighted by Crippen LogP contribution is 2.36. The van der Waals surface area contributed by atoms with Gasteiger partial charge in [0.25, 0.3) is 0 Å². The largest absolute Gasteiger partial charge is 0.573 e. The number of thiocarbonyl (C=S) groups is 1. The molecular weight excluding hydrogens is 652 g/mol. The fourth-order valence-corrected chi connectivity index (χ4v) is 5.77. The molecule has 47 heavy (non-hydrogen) atoms. The van der Waals surface area contributed by atoms with Crippen LogP contribution in [0, 0.1) is 0 Å². The van der Waals surface area contributed by atoms with Crippen molar-refractivity contribution in [2.45, 2.75) is 39.2 Å². The number of thioether (sulfide) groups is 1. The Kier molecular flexibility index (Phi) is 10.2. The molecule has 1 aliphatic rings. The Morgan fingerprint density at radius 3 is 2.40 bits per heavy atom. The molecule has 1 amide bonds. The first-order chi connectivity index (χ1) is 22.3. The number of hydrogen-bond acceptors (Lipinski definition) is 8. The molecule has 1 N–H and O–H groups in total. The van der Waals surface area contributed by atoms with Crippen LogP contribution >= 0.6 is 24.0 Å². The van der Waals surface area contributed by atoms with E-state index in [-0.39, 0.29) is 28.4 Å². The zero-order valence-electron chi connectivity index (χ0n) is 26.1. The van der Waals surface area contributed by atoms with Crippen molar-refractivity contribution in [3.63, 3.8) is 0 Å². The van der Waals surface area contributed by atoms with E-state index in [1.807, 2.05) is 68.4 Å². The molecule has 1 aliphatic heterocycles. The maximum absolute atomic E-state index is 13.0. The van der Waals surface area contributed by atoms with E-state index < -0.39 is 12.5 Å². The van der Waals surface area contributed by atoms with Crippen LogP contribution in [-0.4, -0.2) is 57.2 Å². The summed E-state index contributed by atoms with van der Waals surface area (Å²) in [5, 5.41) is 4.99. The summed E-state index contributed by atoms with van der Waals surface area (Å²) in [6.07, 6.45) is -3.70. The Balaban J connectivity index is 1.22.